The second-order valence-electron chi connectivity index (χ2n) is 1.82. The highest BCUT2D eigenvalue weighted by atomic mass is 127. The molecule has 1 aromatic rings. The van der Waals surface area contributed by atoms with Crippen LogP contribution in [0.2, 0.25) is 0 Å². The third kappa shape index (κ3) is 1.70. The summed E-state index contributed by atoms with van der Waals surface area (Å²) in [6.07, 6.45) is 0. The Labute approximate surface area is 72.0 Å². The lowest BCUT2D eigenvalue weighted by atomic mass is 10.2. The largest absolute Gasteiger partial charge is 0.508 e. The van der Waals surface area contributed by atoms with E-state index in [0.29, 0.717) is 5.56 Å². The van der Waals surface area contributed by atoms with Crippen LogP contribution in [0.15, 0.2) is 24.3 Å². The molecule has 3 heteroatoms. The van der Waals surface area contributed by atoms with Crippen LogP contribution in [0.5, 0.6) is 5.75 Å². The maximum atomic E-state index is 10.7. The SMILES string of the molecule is O=C(I)c1ccc(O)cc1. The van der Waals surface area contributed by atoms with Gasteiger partial charge in [-0.2, -0.15) is 0 Å². The molecule has 0 atom stereocenters. The van der Waals surface area contributed by atoms with Crippen molar-refractivity contribution in [3.8, 4) is 5.75 Å². The first-order chi connectivity index (χ1) is 4.70. The summed E-state index contributed by atoms with van der Waals surface area (Å²) in [4.78, 5) is 10.7. The molecule has 0 fully saturated rings. The van der Waals surface area contributed by atoms with Crippen molar-refractivity contribution >= 4 is 26.4 Å². The van der Waals surface area contributed by atoms with Crippen LogP contribution in [0.1, 0.15) is 10.4 Å². The molecule has 1 aromatic carbocycles. The van der Waals surface area contributed by atoms with Gasteiger partial charge < -0.3 is 5.11 Å². The number of rotatable bonds is 1. The number of hydrogen-bond donors (Lipinski definition) is 1. The average molecular weight is 248 g/mol. The van der Waals surface area contributed by atoms with Gasteiger partial charge in [0.15, 0.2) is 0 Å². The second-order valence-corrected chi connectivity index (χ2v) is 2.80. The summed E-state index contributed by atoms with van der Waals surface area (Å²) in [5.41, 5.74) is 0.610. The number of aromatic hydroxyl groups is 1. The monoisotopic (exact) mass is 248 g/mol. The smallest absolute Gasteiger partial charge is 0.222 e. The van der Waals surface area contributed by atoms with Crippen LogP contribution in [0.25, 0.3) is 0 Å². The van der Waals surface area contributed by atoms with Crippen LogP contribution < -0.4 is 0 Å². The first-order valence-corrected chi connectivity index (χ1v) is 3.77. The Morgan fingerprint density at radius 3 is 2.20 bits per heavy atom. The zero-order valence-corrected chi connectivity index (χ0v) is 7.20. The number of phenols is 1. The van der Waals surface area contributed by atoms with E-state index in [1.807, 2.05) is 0 Å². The number of carbonyl (C=O) groups excluding carboxylic acids is 1. The Kier molecular flexibility index (Phi) is 2.26. The van der Waals surface area contributed by atoms with Crippen molar-refractivity contribution < 1.29 is 9.90 Å². The van der Waals surface area contributed by atoms with E-state index in [1.165, 1.54) is 12.1 Å². The van der Waals surface area contributed by atoms with Crippen LogP contribution in [0.4, 0.5) is 0 Å². The van der Waals surface area contributed by atoms with E-state index in [9.17, 15) is 4.79 Å². The van der Waals surface area contributed by atoms with E-state index in [0.717, 1.165) is 0 Å². The van der Waals surface area contributed by atoms with Crippen molar-refractivity contribution in [3.63, 3.8) is 0 Å². The quantitative estimate of drug-likeness (QED) is 0.609. The Morgan fingerprint density at radius 1 is 1.30 bits per heavy atom. The van der Waals surface area contributed by atoms with Crippen LogP contribution in [0.3, 0.4) is 0 Å². The summed E-state index contributed by atoms with van der Waals surface area (Å²) in [5.74, 6) is 0.182. The van der Waals surface area contributed by atoms with Crippen LogP contribution in [0, 0.1) is 0 Å². The normalized spacial score (nSPS) is 9.30. The van der Waals surface area contributed by atoms with Crippen LogP contribution >= 0.6 is 22.6 Å². The van der Waals surface area contributed by atoms with Gasteiger partial charge in [-0.1, -0.05) is 0 Å². The Balaban J connectivity index is 3.00. The maximum Gasteiger partial charge on any atom is 0.222 e. The average Bonchev–Trinajstić information content (AvgIpc) is 1.88. The Morgan fingerprint density at radius 2 is 1.80 bits per heavy atom. The number of phenolic OH excluding ortho intramolecular Hbond substituents is 1. The molecule has 1 N–H and O–H groups in total. The van der Waals surface area contributed by atoms with Gasteiger partial charge >= 0.3 is 0 Å². The summed E-state index contributed by atoms with van der Waals surface area (Å²) in [5, 5.41) is 8.82. The lowest BCUT2D eigenvalue weighted by Crippen LogP contribution is -1.84. The number of halogens is 1. The van der Waals surface area contributed by atoms with Gasteiger partial charge in [0, 0.05) is 28.2 Å². The molecule has 0 aliphatic carbocycles. The molecule has 0 saturated carbocycles. The highest BCUT2D eigenvalue weighted by Crippen LogP contribution is 2.11. The number of benzene rings is 1. The third-order valence-corrected chi connectivity index (χ3v) is 1.72. The standard InChI is InChI=1S/C7H5IO2/c8-7(10)5-1-3-6(9)4-2-5/h1-4,9H. The minimum absolute atomic E-state index is 0.0161. The van der Waals surface area contributed by atoms with E-state index in [1.54, 1.807) is 34.7 Å². The molecule has 0 radical (unpaired) electrons. The van der Waals surface area contributed by atoms with Crippen molar-refractivity contribution in [1.82, 2.24) is 0 Å². The topological polar surface area (TPSA) is 37.3 Å². The maximum absolute atomic E-state index is 10.7. The fraction of sp³-hybridized carbons (Fsp3) is 0. The van der Waals surface area contributed by atoms with Crippen molar-refractivity contribution in [3.05, 3.63) is 29.8 Å². The molecule has 0 saturated heterocycles. The van der Waals surface area contributed by atoms with Gasteiger partial charge in [0.1, 0.15) is 5.75 Å². The summed E-state index contributed by atoms with van der Waals surface area (Å²) < 4.78 is -0.0161. The van der Waals surface area contributed by atoms with Gasteiger partial charge in [0.05, 0.1) is 0 Å². The third-order valence-electron chi connectivity index (χ3n) is 1.09. The first-order valence-electron chi connectivity index (χ1n) is 2.69. The molecular formula is C7H5IO2. The molecule has 1 rings (SSSR count). The van der Waals surface area contributed by atoms with Crippen LogP contribution in [-0.2, 0) is 0 Å². The van der Waals surface area contributed by atoms with E-state index in [-0.39, 0.29) is 9.54 Å². The minimum atomic E-state index is -0.0161. The van der Waals surface area contributed by atoms with E-state index < -0.39 is 0 Å². The fourth-order valence-corrected chi connectivity index (χ4v) is 0.952. The molecule has 0 heterocycles. The molecule has 0 amide bonds. The predicted octanol–water partition coefficient (Wildman–Crippen LogP) is 1.97. The molecule has 0 aliphatic heterocycles. The van der Waals surface area contributed by atoms with Crippen molar-refractivity contribution in [2.45, 2.75) is 0 Å². The van der Waals surface area contributed by atoms with Gasteiger partial charge in [-0.05, 0) is 24.3 Å². The zero-order valence-electron chi connectivity index (χ0n) is 5.04. The summed E-state index contributed by atoms with van der Waals surface area (Å²) >= 11 is 1.70. The predicted molar refractivity (Wildman–Crippen MR) is 46.5 cm³/mol. The highest BCUT2D eigenvalue weighted by molar-refractivity contribution is 14.1. The van der Waals surface area contributed by atoms with Gasteiger partial charge in [0.25, 0.3) is 0 Å². The van der Waals surface area contributed by atoms with Gasteiger partial charge in [-0.3, -0.25) is 4.79 Å². The first kappa shape index (κ1) is 7.53. The van der Waals surface area contributed by atoms with Gasteiger partial charge in [-0.25, -0.2) is 0 Å². The second kappa shape index (κ2) is 3.01. The lowest BCUT2D eigenvalue weighted by molar-refractivity contribution is 0.110. The molecule has 0 aliphatic rings. The van der Waals surface area contributed by atoms with Gasteiger partial charge in [-0.15, -0.1) is 0 Å². The fourth-order valence-electron chi connectivity index (χ4n) is 0.592. The zero-order chi connectivity index (χ0) is 7.56. The van der Waals surface area contributed by atoms with Crippen molar-refractivity contribution in [2.24, 2.45) is 0 Å². The molecule has 0 unspecified atom stereocenters. The van der Waals surface area contributed by atoms with E-state index in [2.05, 4.69) is 0 Å². The number of hydrogen-bond acceptors (Lipinski definition) is 2. The summed E-state index contributed by atoms with van der Waals surface area (Å²) in [6.45, 7) is 0. The lowest BCUT2D eigenvalue weighted by Gasteiger charge is -1.92. The molecule has 0 aromatic heterocycles. The molecule has 0 bridgehead atoms. The molecule has 52 valence electrons. The van der Waals surface area contributed by atoms with Crippen molar-refractivity contribution in [2.75, 3.05) is 0 Å². The summed E-state index contributed by atoms with van der Waals surface area (Å²) in [6, 6.07) is 6.16. The number of carbonyl (C=O) groups is 1. The molecule has 2 nitrogen and oxygen atoms in total. The Hall–Kier alpha value is -0.580. The molecule has 0 spiro atoms. The molecular weight excluding hydrogens is 243 g/mol. The minimum Gasteiger partial charge on any atom is -0.508 e. The van der Waals surface area contributed by atoms with Crippen molar-refractivity contribution in [1.29, 1.82) is 0 Å². The highest BCUT2D eigenvalue weighted by Gasteiger charge is 1.97. The van der Waals surface area contributed by atoms with Crippen LogP contribution in [-0.4, -0.2) is 8.90 Å². The van der Waals surface area contributed by atoms with E-state index >= 15 is 0 Å². The molecule has 10 heavy (non-hydrogen) atoms. The summed E-state index contributed by atoms with van der Waals surface area (Å²) in [7, 11) is 0. The van der Waals surface area contributed by atoms with E-state index in [4.69, 9.17) is 5.11 Å². The Bertz CT molecular complexity index is 240. The van der Waals surface area contributed by atoms with Gasteiger partial charge in [0.2, 0.25) is 3.79 Å².